The summed E-state index contributed by atoms with van der Waals surface area (Å²) in [6.07, 6.45) is 0. The molecule has 8 nitrogen and oxygen atoms in total. The molecule has 0 aliphatic carbocycles. The highest BCUT2D eigenvalue weighted by Crippen LogP contribution is 2.36. The fraction of sp³-hybridized carbons (Fsp3) is 0.250. The van der Waals surface area contributed by atoms with Crippen LogP contribution in [-0.4, -0.2) is 31.4 Å². The first-order valence-corrected chi connectivity index (χ1v) is 10.2. The molecule has 168 valence electrons. The van der Waals surface area contributed by atoms with E-state index in [1.54, 1.807) is 0 Å². The van der Waals surface area contributed by atoms with Gasteiger partial charge in [0.2, 0.25) is 0 Å². The Hall–Kier alpha value is -3.62. The number of nitrogens with two attached hydrogens (primary N) is 1. The van der Waals surface area contributed by atoms with E-state index in [9.17, 15) is 10.1 Å². The van der Waals surface area contributed by atoms with Crippen molar-refractivity contribution in [3.63, 3.8) is 0 Å². The molecule has 0 aromatic heterocycles. The molecule has 0 unspecified atom stereocenters. The van der Waals surface area contributed by atoms with Crippen molar-refractivity contribution >= 4 is 11.4 Å². The molecule has 0 radical (unpaired) electrons. The lowest BCUT2D eigenvalue weighted by Gasteiger charge is -2.12. The van der Waals surface area contributed by atoms with E-state index in [4.69, 9.17) is 24.7 Å². The van der Waals surface area contributed by atoms with Gasteiger partial charge >= 0.3 is 5.69 Å². The Morgan fingerprint density at radius 3 is 1.72 bits per heavy atom. The van der Waals surface area contributed by atoms with Crippen molar-refractivity contribution in [2.24, 2.45) is 0 Å². The van der Waals surface area contributed by atoms with Crippen LogP contribution in [0.4, 0.5) is 11.4 Å². The third-order valence-electron chi connectivity index (χ3n) is 4.48. The van der Waals surface area contributed by atoms with Gasteiger partial charge in [-0.2, -0.15) is 0 Å². The molecule has 0 bridgehead atoms. The first kappa shape index (κ1) is 23.1. The van der Waals surface area contributed by atoms with E-state index in [2.05, 4.69) is 0 Å². The van der Waals surface area contributed by atoms with Gasteiger partial charge in [0.1, 0.15) is 19.0 Å². The number of hydrogen-bond acceptors (Lipinski definition) is 7. The fourth-order valence-corrected chi connectivity index (χ4v) is 2.90. The van der Waals surface area contributed by atoms with Gasteiger partial charge in [-0.1, -0.05) is 60.7 Å². The van der Waals surface area contributed by atoms with Gasteiger partial charge in [-0.25, -0.2) is 0 Å². The zero-order valence-electron chi connectivity index (χ0n) is 17.6. The number of ether oxygens (including phenoxy) is 4. The molecular weight excluding hydrogens is 412 g/mol. The van der Waals surface area contributed by atoms with Crippen LogP contribution in [0, 0.1) is 10.1 Å². The Bertz CT molecular complexity index is 983. The van der Waals surface area contributed by atoms with Crippen LogP contribution in [0.2, 0.25) is 0 Å². The quantitative estimate of drug-likeness (QED) is 0.183. The van der Waals surface area contributed by atoms with Crippen LogP contribution in [-0.2, 0) is 22.7 Å². The number of hydrogen-bond donors (Lipinski definition) is 1. The van der Waals surface area contributed by atoms with Gasteiger partial charge < -0.3 is 24.7 Å². The van der Waals surface area contributed by atoms with Crippen molar-refractivity contribution in [1.29, 1.82) is 0 Å². The van der Waals surface area contributed by atoms with Crippen molar-refractivity contribution in [2.75, 3.05) is 32.2 Å². The summed E-state index contributed by atoms with van der Waals surface area (Å²) >= 11 is 0. The van der Waals surface area contributed by atoms with Crippen molar-refractivity contribution < 1.29 is 23.9 Å². The average Bonchev–Trinajstić information content (AvgIpc) is 2.81. The minimum atomic E-state index is -0.529. The van der Waals surface area contributed by atoms with Gasteiger partial charge in [0, 0.05) is 6.07 Å². The van der Waals surface area contributed by atoms with E-state index in [0.29, 0.717) is 19.8 Å². The molecule has 0 atom stereocenters. The van der Waals surface area contributed by atoms with E-state index >= 15 is 0 Å². The summed E-state index contributed by atoms with van der Waals surface area (Å²) in [6, 6.07) is 22.1. The largest absolute Gasteiger partial charge is 0.489 e. The van der Waals surface area contributed by atoms with Crippen LogP contribution in [0.3, 0.4) is 0 Å². The zero-order valence-corrected chi connectivity index (χ0v) is 17.6. The van der Waals surface area contributed by atoms with Crippen LogP contribution >= 0.6 is 0 Å². The molecule has 0 saturated carbocycles. The number of nitrogens with zero attached hydrogens (tertiary/aromatic N) is 1. The van der Waals surface area contributed by atoms with Crippen LogP contribution < -0.4 is 15.2 Å². The van der Waals surface area contributed by atoms with Crippen LogP contribution in [0.1, 0.15) is 11.1 Å². The van der Waals surface area contributed by atoms with Crippen molar-refractivity contribution in [3.05, 3.63) is 94.0 Å². The smallest absolute Gasteiger partial charge is 0.314 e. The van der Waals surface area contributed by atoms with Gasteiger partial charge in [0.15, 0.2) is 5.75 Å². The number of nitrogen functional groups attached to an aromatic ring is 1. The molecule has 0 fully saturated rings. The lowest BCUT2D eigenvalue weighted by atomic mass is 10.2. The normalized spacial score (nSPS) is 10.6. The molecule has 0 amide bonds. The molecule has 0 heterocycles. The summed E-state index contributed by atoms with van der Waals surface area (Å²) in [4.78, 5) is 10.9. The average molecular weight is 438 g/mol. The van der Waals surface area contributed by atoms with Crippen LogP contribution in [0.5, 0.6) is 11.5 Å². The summed E-state index contributed by atoms with van der Waals surface area (Å²) in [6.45, 7) is 1.86. The predicted octanol–water partition coefficient (Wildman–Crippen LogP) is 4.37. The summed E-state index contributed by atoms with van der Waals surface area (Å²) in [5, 5.41) is 11.5. The number of rotatable bonds is 13. The fourth-order valence-electron chi connectivity index (χ4n) is 2.90. The molecular formula is C24H26N2O6. The summed E-state index contributed by atoms with van der Waals surface area (Å²) in [5.41, 5.74) is 8.12. The van der Waals surface area contributed by atoms with E-state index in [0.717, 1.165) is 11.1 Å². The Kier molecular flexibility index (Phi) is 8.85. The molecule has 8 heteroatoms. The standard InChI is InChI=1S/C24H26N2O6/c25-21-15-24(32-14-12-30-18-20-9-5-2-6-10-20)22(26(27)28)16-23(21)31-13-11-29-17-19-7-3-1-4-8-19/h1-10,15-16H,11-14,17-18,25H2. The highest BCUT2D eigenvalue weighted by atomic mass is 16.6. The third kappa shape index (κ3) is 7.26. The Balaban J connectivity index is 1.46. The summed E-state index contributed by atoms with van der Waals surface area (Å²) < 4.78 is 22.2. The number of nitro groups is 1. The van der Waals surface area contributed by atoms with E-state index < -0.39 is 4.92 Å². The highest BCUT2D eigenvalue weighted by Gasteiger charge is 2.19. The van der Waals surface area contributed by atoms with E-state index in [1.165, 1.54) is 12.1 Å². The lowest BCUT2D eigenvalue weighted by molar-refractivity contribution is -0.386. The second-order valence-electron chi connectivity index (χ2n) is 6.89. The number of nitro benzene ring substituents is 1. The van der Waals surface area contributed by atoms with E-state index in [1.807, 2.05) is 60.7 Å². The molecule has 0 aliphatic rings. The van der Waals surface area contributed by atoms with Crippen LogP contribution in [0.15, 0.2) is 72.8 Å². The molecule has 3 aromatic carbocycles. The molecule has 0 aliphatic heterocycles. The summed E-state index contributed by atoms with van der Waals surface area (Å²) in [5.74, 6) is 0.288. The van der Waals surface area contributed by atoms with Gasteiger partial charge in [0.05, 0.1) is 43.1 Å². The maximum absolute atomic E-state index is 11.5. The summed E-state index contributed by atoms with van der Waals surface area (Å²) in [7, 11) is 0. The van der Waals surface area contributed by atoms with E-state index in [-0.39, 0.29) is 42.7 Å². The molecule has 3 aromatic rings. The Morgan fingerprint density at radius 2 is 1.22 bits per heavy atom. The predicted molar refractivity (Wildman–Crippen MR) is 121 cm³/mol. The van der Waals surface area contributed by atoms with Crippen LogP contribution in [0.25, 0.3) is 0 Å². The second kappa shape index (κ2) is 12.3. The van der Waals surface area contributed by atoms with Gasteiger partial charge in [-0.3, -0.25) is 10.1 Å². The molecule has 0 saturated heterocycles. The minimum Gasteiger partial charge on any atom is -0.489 e. The number of benzene rings is 3. The van der Waals surface area contributed by atoms with Crippen molar-refractivity contribution in [1.82, 2.24) is 0 Å². The minimum absolute atomic E-state index is 0.0727. The number of anilines is 1. The van der Waals surface area contributed by atoms with Gasteiger partial charge in [-0.15, -0.1) is 0 Å². The van der Waals surface area contributed by atoms with Gasteiger partial charge in [-0.05, 0) is 11.1 Å². The maximum Gasteiger partial charge on any atom is 0.314 e. The SMILES string of the molecule is Nc1cc(OCCOCc2ccccc2)c([N+](=O)[O-])cc1OCCOCc1ccccc1. The second-order valence-corrected chi connectivity index (χ2v) is 6.89. The van der Waals surface area contributed by atoms with Crippen molar-refractivity contribution in [2.45, 2.75) is 13.2 Å². The molecule has 3 rings (SSSR count). The third-order valence-corrected chi connectivity index (χ3v) is 4.48. The first-order valence-electron chi connectivity index (χ1n) is 10.2. The highest BCUT2D eigenvalue weighted by molar-refractivity contribution is 5.64. The molecule has 0 spiro atoms. The zero-order chi connectivity index (χ0) is 22.6. The topological polar surface area (TPSA) is 106 Å². The molecule has 32 heavy (non-hydrogen) atoms. The monoisotopic (exact) mass is 438 g/mol. The Morgan fingerprint density at radius 1 is 0.719 bits per heavy atom. The Labute approximate surface area is 186 Å². The first-order chi connectivity index (χ1) is 15.6. The van der Waals surface area contributed by atoms with Crippen molar-refractivity contribution in [3.8, 4) is 11.5 Å². The molecule has 2 N–H and O–H groups in total. The maximum atomic E-state index is 11.5. The lowest BCUT2D eigenvalue weighted by Crippen LogP contribution is -2.10. The van der Waals surface area contributed by atoms with Gasteiger partial charge in [0.25, 0.3) is 0 Å².